The summed E-state index contributed by atoms with van der Waals surface area (Å²) < 4.78 is 6.00. The second-order valence-corrected chi connectivity index (χ2v) is 5.32. The van der Waals surface area contributed by atoms with Gasteiger partial charge in [0.25, 0.3) is 0 Å². The van der Waals surface area contributed by atoms with Crippen molar-refractivity contribution >= 4 is 27.7 Å². The Morgan fingerprint density at radius 2 is 1.95 bits per heavy atom. The van der Waals surface area contributed by atoms with E-state index in [9.17, 15) is 0 Å². The van der Waals surface area contributed by atoms with Crippen molar-refractivity contribution in [3.8, 4) is 5.75 Å². The average molecular weight is 337 g/mol. The van der Waals surface area contributed by atoms with Crippen molar-refractivity contribution in [2.75, 3.05) is 31.4 Å². The van der Waals surface area contributed by atoms with Gasteiger partial charge in [-0.15, -0.1) is 0 Å². The van der Waals surface area contributed by atoms with Gasteiger partial charge in [-0.05, 0) is 33.6 Å². The number of aromatic nitrogens is 2. The van der Waals surface area contributed by atoms with Crippen molar-refractivity contribution in [3.63, 3.8) is 0 Å². The lowest BCUT2D eigenvalue weighted by atomic mass is 10.2. The Morgan fingerprint density at radius 3 is 2.55 bits per heavy atom. The van der Waals surface area contributed by atoms with Crippen LogP contribution in [0.3, 0.4) is 0 Å². The first kappa shape index (κ1) is 14.6. The Bertz CT molecular complexity index is 572. The molecule has 1 heterocycles. The molecule has 2 aromatic rings. The van der Waals surface area contributed by atoms with Crippen LogP contribution in [-0.2, 0) is 6.54 Å². The van der Waals surface area contributed by atoms with E-state index < -0.39 is 0 Å². The lowest BCUT2D eigenvalue weighted by Crippen LogP contribution is -2.13. The molecule has 0 aliphatic heterocycles. The number of nitrogens with one attached hydrogen (secondary N) is 1. The molecule has 0 unspecified atom stereocenters. The lowest BCUT2D eigenvalue weighted by molar-refractivity contribution is 0.414. The number of methoxy groups -OCH3 is 1. The zero-order chi connectivity index (χ0) is 14.5. The minimum Gasteiger partial charge on any atom is -0.497 e. The summed E-state index contributed by atoms with van der Waals surface area (Å²) in [5, 5.41) is 3.21. The summed E-state index contributed by atoms with van der Waals surface area (Å²) in [6, 6.07) is 7.89. The van der Waals surface area contributed by atoms with Crippen molar-refractivity contribution in [1.82, 2.24) is 9.97 Å². The van der Waals surface area contributed by atoms with Crippen molar-refractivity contribution in [2.24, 2.45) is 0 Å². The third kappa shape index (κ3) is 3.60. The highest BCUT2D eigenvalue weighted by Gasteiger charge is 2.06. The van der Waals surface area contributed by atoms with E-state index in [-0.39, 0.29) is 0 Å². The normalized spacial score (nSPS) is 10.2. The van der Waals surface area contributed by atoms with Crippen LogP contribution >= 0.6 is 15.9 Å². The Kier molecular flexibility index (Phi) is 4.79. The van der Waals surface area contributed by atoms with Crippen LogP contribution in [-0.4, -0.2) is 31.2 Å². The molecule has 0 radical (unpaired) electrons. The molecule has 1 N–H and O–H groups in total. The molecule has 0 bridgehead atoms. The first-order valence-electron chi connectivity index (χ1n) is 6.17. The van der Waals surface area contributed by atoms with E-state index in [1.54, 1.807) is 13.3 Å². The minimum atomic E-state index is 0.604. The predicted molar refractivity (Wildman–Crippen MR) is 84.4 cm³/mol. The Morgan fingerprint density at radius 1 is 1.25 bits per heavy atom. The fourth-order valence-corrected chi connectivity index (χ4v) is 2.23. The molecule has 0 fully saturated rings. The molecule has 0 spiro atoms. The third-order valence-corrected chi connectivity index (χ3v) is 3.32. The van der Waals surface area contributed by atoms with Crippen LogP contribution in [0.5, 0.6) is 5.75 Å². The monoisotopic (exact) mass is 336 g/mol. The summed E-state index contributed by atoms with van der Waals surface area (Å²) >= 11 is 3.43. The molecule has 106 valence electrons. The molecule has 0 saturated heterocycles. The Balaban J connectivity index is 2.04. The molecule has 0 aliphatic rings. The Labute approximate surface area is 127 Å². The third-order valence-electron chi connectivity index (χ3n) is 2.76. The number of nitrogens with zero attached hydrogens (tertiary/aromatic N) is 3. The van der Waals surface area contributed by atoms with Gasteiger partial charge in [0.2, 0.25) is 5.95 Å². The molecule has 1 aromatic carbocycles. The van der Waals surface area contributed by atoms with Gasteiger partial charge >= 0.3 is 0 Å². The van der Waals surface area contributed by atoms with Crippen molar-refractivity contribution in [1.29, 1.82) is 0 Å². The first-order chi connectivity index (χ1) is 9.60. The maximum Gasteiger partial charge on any atom is 0.224 e. The summed E-state index contributed by atoms with van der Waals surface area (Å²) in [4.78, 5) is 10.6. The molecule has 0 atom stereocenters. The summed E-state index contributed by atoms with van der Waals surface area (Å²) in [6.45, 7) is 0.665. The highest BCUT2D eigenvalue weighted by Crippen LogP contribution is 2.22. The molecule has 0 saturated carbocycles. The molecule has 0 aliphatic carbocycles. The van der Waals surface area contributed by atoms with E-state index in [1.807, 2.05) is 43.3 Å². The quantitative estimate of drug-likeness (QED) is 0.909. The average Bonchev–Trinajstić information content (AvgIpc) is 2.46. The number of hydrogen-bond donors (Lipinski definition) is 1. The summed E-state index contributed by atoms with van der Waals surface area (Å²) in [5.74, 6) is 2.30. The van der Waals surface area contributed by atoms with Crippen LogP contribution < -0.4 is 15.0 Å². The number of ether oxygens (including phenoxy) is 1. The fourth-order valence-electron chi connectivity index (χ4n) is 1.68. The fraction of sp³-hybridized carbons (Fsp3) is 0.286. The second kappa shape index (κ2) is 6.56. The summed E-state index contributed by atoms with van der Waals surface area (Å²) in [5.41, 5.74) is 1.14. The summed E-state index contributed by atoms with van der Waals surface area (Å²) in [6.07, 6.45) is 1.75. The van der Waals surface area contributed by atoms with Crippen LogP contribution in [0.4, 0.5) is 11.8 Å². The molecular formula is C14H17BrN4O. The van der Waals surface area contributed by atoms with Gasteiger partial charge in [0, 0.05) is 26.8 Å². The van der Waals surface area contributed by atoms with Gasteiger partial charge in [-0.2, -0.15) is 4.98 Å². The minimum absolute atomic E-state index is 0.604. The largest absolute Gasteiger partial charge is 0.497 e. The van der Waals surface area contributed by atoms with Crippen molar-refractivity contribution in [3.05, 3.63) is 40.5 Å². The molecule has 5 nitrogen and oxygen atoms in total. The van der Waals surface area contributed by atoms with E-state index in [1.165, 1.54) is 0 Å². The molecule has 20 heavy (non-hydrogen) atoms. The molecule has 2 rings (SSSR count). The number of hydrogen-bond acceptors (Lipinski definition) is 5. The maximum atomic E-state index is 5.13. The topological polar surface area (TPSA) is 50.3 Å². The van der Waals surface area contributed by atoms with Crippen LogP contribution in [0.15, 0.2) is 34.9 Å². The molecule has 1 aromatic heterocycles. The van der Waals surface area contributed by atoms with E-state index in [2.05, 4.69) is 31.2 Å². The number of halogens is 1. The van der Waals surface area contributed by atoms with Gasteiger partial charge in [-0.1, -0.05) is 12.1 Å². The second-order valence-electron chi connectivity index (χ2n) is 4.46. The predicted octanol–water partition coefficient (Wildman–Crippen LogP) is 2.93. The van der Waals surface area contributed by atoms with Crippen molar-refractivity contribution in [2.45, 2.75) is 6.54 Å². The molecule has 0 amide bonds. The number of benzene rings is 1. The Hall–Kier alpha value is -1.82. The van der Waals surface area contributed by atoms with E-state index >= 15 is 0 Å². The highest BCUT2D eigenvalue weighted by molar-refractivity contribution is 9.10. The number of rotatable bonds is 5. The summed E-state index contributed by atoms with van der Waals surface area (Å²) in [7, 11) is 5.55. The van der Waals surface area contributed by atoms with E-state index in [0.29, 0.717) is 12.5 Å². The van der Waals surface area contributed by atoms with Gasteiger partial charge < -0.3 is 15.0 Å². The van der Waals surface area contributed by atoms with Crippen molar-refractivity contribution < 1.29 is 4.74 Å². The van der Waals surface area contributed by atoms with Gasteiger partial charge in [-0.25, -0.2) is 4.98 Å². The van der Waals surface area contributed by atoms with Gasteiger partial charge in [0.15, 0.2) is 0 Å². The smallest absolute Gasteiger partial charge is 0.224 e. The highest BCUT2D eigenvalue weighted by atomic mass is 79.9. The zero-order valence-electron chi connectivity index (χ0n) is 11.7. The SMILES string of the molecule is COc1ccc(CNc2ncc(Br)c(N(C)C)n2)cc1. The number of anilines is 2. The van der Waals surface area contributed by atoms with Crippen LogP contribution in [0.2, 0.25) is 0 Å². The standard InChI is InChI=1S/C14H17BrN4O/c1-19(2)13-12(15)9-17-14(18-13)16-8-10-4-6-11(20-3)7-5-10/h4-7,9H,8H2,1-3H3,(H,16,17,18). The van der Waals surface area contributed by atoms with E-state index in [4.69, 9.17) is 4.74 Å². The first-order valence-corrected chi connectivity index (χ1v) is 6.96. The van der Waals surface area contributed by atoms with Gasteiger partial charge in [0.1, 0.15) is 11.6 Å². The van der Waals surface area contributed by atoms with Crippen LogP contribution in [0, 0.1) is 0 Å². The van der Waals surface area contributed by atoms with Gasteiger partial charge in [-0.3, -0.25) is 0 Å². The van der Waals surface area contributed by atoms with Crippen LogP contribution in [0.25, 0.3) is 0 Å². The lowest BCUT2D eigenvalue weighted by Gasteiger charge is -2.14. The van der Waals surface area contributed by atoms with Crippen LogP contribution in [0.1, 0.15) is 5.56 Å². The zero-order valence-corrected chi connectivity index (χ0v) is 13.3. The molecule has 6 heteroatoms. The molecular weight excluding hydrogens is 320 g/mol. The van der Waals surface area contributed by atoms with E-state index in [0.717, 1.165) is 21.6 Å². The maximum absolute atomic E-state index is 5.13. The van der Waals surface area contributed by atoms with Gasteiger partial charge in [0.05, 0.1) is 11.6 Å².